The van der Waals surface area contributed by atoms with Crippen molar-refractivity contribution in [3.63, 3.8) is 0 Å². The molecule has 2 atom stereocenters. The highest BCUT2D eigenvalue weighted by molar-refractivity contribution is 6.11. The monoisotopic (exact) mass is 443 g/mol. The molecule has 1 aromatic carbocycles. The molecule has 3 rings (SSSR count). The molecule has 0 radical (unpaired) electrons. The molecule has 0 aliphatic heterocycles. The van der Waals surface area contributed by atoms with E-state index < -0.39 is 0 Å². The minimum atomic E-state index is 0.425. The molecule has 1 aliphatic rings. The highest BCUT2D eigenvalue weighted by atomic mass is 15.1. The Bertz CT molecular complexity index is 1050. The highest BCUT2D eigenvalue weighted by Crippen LogP contribution is 2.30. The third-order valence-corrected chi connectivity index (χ3v) is 6.03. The number of nitrogens with one attached hydrogen (secondary N) is 1. The van der Waals surface area contributed by atoms with Gasteiger partial charge in [0.25, 0.3) is 0 Å². The maximum Gasteiger partial charge on any atom is 0.161 e. The first-order valence-electron chi connectivity index (χ1n) is 11.8. The van der Waals surface area contributed by atoms with Crippen molar-refractivity contribution in [2.24, 2.45) is 10.9 Å². The minimum Gasteiger partial charge on any atom is -0.383 e. The molecule has 33 heavy (non-hydrogen) atoms. The van der Waals surface area contributed by atoms with Crippen LogP contribution in [0.25, 0.3) is 22.5 Å². The van der Waals surface area contributed by atoms with E-state index in [0.29, 0.717) is 11.9 Å². The van der Waals surface area contributed by atoms with Crippen molar-refractivity contribution < 1.29 is 0 Å². The summed E-state index contributed by atoms with van der Waals surface area (Å²) in [5, 5.41) is 3.75. The fraction of sp³-hybridized carbons (Fsp3) is 0.393. The SMILES string of the molecule is C=C/C(=C\N(C)C)c1cccc(-c2ncc(C(/C=N\C)=C/C)c(NC3CCCC(C)C3)n2)c1. The van der Waals surface area contributed by atoms with Crippen LogP contribution in [0, 0.1) is 5.92 Å². The number of benzene rings is 1. The van der Waals surface area contributed by atoms with Gasteiger partial charge in [-0.25, -0.2) is 9.97 Å². The van der Waals surface area contributed by atoms with Gasteiger partial charge in [-0.05, 0) is 42.9 Å². The molecule has 1 heterocycles. The van der Waals surface area contributed by atoms with Gasteiger partial charge < -0.3 is 10.2 Å². The summed E-state index contributed by atoms with van der Waals surface area (Å²) in [6.45, 7) is 8.34. The van der Waals surface area contributed by atoms with Gasteiger partial charge in [0.05, 0.1) is 0 Å². The molecular formula is C28H37N5. The third kappa shape index (κ3) is 6.41. The Morgan fingerprint density at radius 1 is 1.24 bits per heavy atom. The lowest BCUT2D eigenvalue weighted by Crippen LogP contribution is -2.27. The van der Waals surface area contributed by atoms with Crippen LogP contribution in [0.15, 0.2) is 60.4 Å². The van der Waals surface area contributed by atoms with Gasteiger partial charge in [-0.1, -0.05) is 56.7 Å². The fourth-order valence-corrected chi connectivity index (χ4v) is 4.40. The lowest BCUT2D eigenvalue weighted by Gasteiger charge is -2.28. The lowest BCUT2D eigenvalue weighted by atomic mass is 9.87. The van der Waals surface area contributed by atoms with E-state index >= 15 is 0 Å². The number of hydrogen-bond acceptors (Lipinski definition) is 5. The Kier molecular flexibility index (Phi) is 8.58. The van der Waals surface area contributed by atoms with Crippen LogP contribution in [0.5, 0.6) is 0 Å². The van der Waals surface area contributed by atoms with Crippen LogP contribution in [0.3, 0.4) is 0 Å². The fourth-order valence-electron chi connectivity index (χ4n) is 4.40. The van der Waals surface area contributed by atoms with Crippen LogP contribution >= 0.6 is 0 Å². The van der Waals surface area contributed by atoms with E-state index in [1.807, 2.05) is 50.5 Å². The summed E-state index contributed by atoms with van der Waals surface area (Å²) < 4.78 is 0. The Morgan fingerprint density at radius 2 is 2.06 bits per heavy atom. The van der Waals surface area contributed by atoms with E-state index in [9.17, 15) is 0 Å². The Morgan fingerprint density at radius 3 is 2.73 bits per heavy atom. The normalized spacial score (nSPS) is 19.5. The number of hydrogen-bond donors (Lipinski definition) is 1. The second-order valence-electron chi connectivity index (χ2n) is 9.03. The number of nitrogens with zero attached hydrogens (tertiary/aromatic N) is 4. The molecule has 0 bridgehead atoms. The van der Waals surface area contributed by atoms with Crippen LogP contribution in [0.2, 0.25) is 0 Å². The van der Waals surface area contributed by atoms with E-state index in [4.69, 9.17) is 9.97 Å². The predicted octanol–water partition coefficient (Wildman–Crippen LogP) is 6.33. The second kappa shape index (κ2) is 11.6. The third-order valence-electron chi connectivity index (χ3n) is 6.03. The van der Waals surface area contributed by atoms with Crippen molar-refractivity contribution >= 4 is 23.2 Å². The van der Waals surface area contributed by atoms with Gasteiger partial charge in [-0.2, -0.15) is 0 Å². The van der Waals surface area contributed by atoms with Crippen LogP contribution in [0.4, 0.5) is 5.82 Å². The molecule has 0 saturated heterocycles. The molecule has 1 aromatic heterocycles. The van der Waals surface area contributed by atoms with Crippen LogP contribution in [-0.4, -0.2) is 48.3 Å². The summed E-state index contributed by atoms with van der Waals surface area (Å²) in [5.41, 5.74) is 5.14. The molecule has 1 saturated carbocycles. The number of anilines is 1. The minimum absolute atomic E-state index is 0.425. The van der Waals surface area contributed by atoms with Crippen molar-refractivity contribution in [3.05, 3.63) is 66.5 Å². The van der Waals surface area contributed by atoms with Crippen molar-refractivity contribution in [1.29, 1.82) is 0 Å². The highest BCUT2D eigenvalue weighted by Gasteiger charge is 2.21. The summed E-state index contributed by atoms with van der Waals surface area (Å²) >= 11 is 0. The smallest absolute Gasteiger partial charge is 0.161 e. The molecule has 2 aromatic rings. The molecule has 2 unspecified atom stereocenters. The summed E-state index contributed by atoms with van der Waals surface area (Å²) in [7, 11) is 5.81. The average molecular weight is 444 g/mol. The van der Waals surface area contributed by atoms with Gasteiger partial charge in [-0.3, -0.25) is 4.99 Å². The molecule has 1 fully saturated rings. The van der Waals surface area contributed by atoms with Crippen molar-refractivity contribution in [2.45, 2.75) is 45.6 Å². The quantitative estimate of drug-likeness (QED) is 0.383. The maximum absolute atomic E-state index is 5.02. The van der Waals surface area contributed by atoms with Crippen molar-refractivity contribution in [2.75, 3.05) is 26.5 Å². The van der Waals surface area contributed by atoms with Crippen LogP contribution in [-0.2, 0) is 0 Å². The molecule has 174 valence electrons. The molecule has 5 heteroatoms. The molecule has 1 N–H and O–H groups in total. The van der Waals surface area contributed by atoms with Gasteiger partial charge in [0.15, 0.2) is 5.82 Å². The number of aliphatic imine (C=N–C) groups is 1. The first-order chi connectivity index (χ1) is 15.9. The maximum atomic E-state index is 5.02. The molecule has 0 amide bonds. The molecular weight excluding hydrogens is 406 g/mol. The lowest BCUT2D eigenvalue weighted by molar-refractivity contribution is 0.358. The van der Waals surface area contributed by atoms with Crippen LogP contribution < -0.4 is 5.32 Å². The van der Waals surface area contributed by atoms with E-state index in [2.05, 4.69) is 54.3 Å². The van der Waals surface area contributed by atoms with Gasteiger partial charge >= 0.3 is 0 Å². The van der Waals surface area contributed by atoms with Gasteiger partial charge in [0, 0.05) is 62.5 Å². The number of rotatable bonds is 8. The van der Waals surface area contributed by atoms with E-state index in [0.717, 1.165) is 39.6 Å². The van der Waals surface area contributed by atoms with Gasteiger partial charge in [0.2, 0.25) is 0 Å². The van der Waals surface area contributed by atoms with E-state index in [1.165, 1.54) is 25.7 Å². The van der Waals surface area contributed by atoms with Crippen LogP contribution in [0.1, 0.15) is 50.7 Å². The van der Waals surface area contributed by atoms with Gasteiger partial charge in [0.1, 0.15) is 5.82 Å². The zero-order chi connectivity index (χ0) is 23.8. The summed E-state index contributed by atoms with van der Waals surface area (Å²) in [5.74, 6) is 2.33. The summed E-state index contributed by atoms with van der Waals surface area (Å²) in [6.07, 6.45) is 14.7. The number of aromatic nitrogens is 2. The Hall–Kier alpha value is -3.21. The first kappa shape index (κ1) is 24.4. The predicted molar refractivity (Wildman–Crippen MR) is 142 cm³/mol. The molecule has 5 nitrogen and oxygen atoms in total. The van der Waals surface area contributed by atoms with E-state index in [1.54, 1.807) is 7.05 Å². The Balaban J connectivity index is 2.03. The summed E-state index contributed by atoms with van der Waals surface area (Å²) in [4.78, 5) is 16.0. The number of allylic oxidation sites excluding steroid dienone is 4. The topological polar surface area (TPSA) is 53.4 Å². The Labute approximate surface area is 199 Å². The second-order valence-corrected chi connectivity index (χ2v) is 9.03. The average Bonchev–Trinajstić information content (AvgIpc) is 2.81. The zero-order valence-electron chi connectivity index (χ0n) is 20.7. The molecule has 1 aliphatic carbocycles. The van der Waals surface area contributed by atoms with Gasteiger partial charge in [-0.15, -0.1) is 0 Å². The van der Waals surface area contributed by atoms with E-state index in [-0.39, 0.29) is 0 Å². The zero-order valence-corrected chi connectivity index (χ0v) is 20.7. The standard InChI is InChI=1S/C28H37N5/c1-7-21(17-29-4)26-18-30-27(32-28(26)31-25-14-9-11-20(3)15-25)24-13-10-12-23(16-24)22(8-2)19-33(5)6/h7-8,10,12-13,16-20,25H,2,9,11,14-15H2,1,3-6H3,(H,30,31,32)/b21-7+,22-19+,29-17-. The summed E-state index contributed by atoms with van der Waals surface area (Å²) in [6, 6.07) is 8.75. The first-order valence-corrected chi connectivity index (χ1v) is 11.8. The van der Waals surface area contributed by atoms with Crippen molar-refractivity contribution in [1.82, 2.24) is 14.9 Å². The molecule has 0 spiro atoms. The van der Waals surface area contributed by atoms with Crippen molar-refractivity contribution in [3.8, 4) is 11.4 Å². The largest absolute Gasteiger partial charge is 0.383 e.